The van der Waals surface area contributed by atoms with Crippen molar-refractivity contribution in [3.05, 3.63) is 71.4 Å². The Labute approximate surface area is 151 Å². The maximum atomic E-state index is 13.1. The van der Waals surface area contributed by atoms with E-state index in [1.165, 1.54) is 17.7 Å². The summed E-state index contributed by atoms with van der Waals surface area (Å²) < 4.78 is 13.1. The molecule has 25 heavy (non-hydrogen) atoms. The standard InChI is InChI=1S/C20H20FN3S/c21-18-8-6-17(7-9-18)19-15-25-20(22-19)24-12-10-23(11-13-24)14-16-4-2-1-3-5-16/h1-9,15H,10-14H2/p+1. The van der Waals surface area contributed by atoms with Gasteiger partial charge in [0.2, 0.25) is 0 Å². The van der Waals surface area contributed by atoms with Crippen LogP contribution < -0.4 is 9.80 Å². The first kappa shape index (κ1) is 16.2. The molecular weight excluding hydrogens is 333 g/mol. The highest BCUT2D eigenvalue weighted by Crippen LogP contribution is 2.27. The number of halogens is 1. The van der Waals surface area contributed by atoms with E-state index >= 15 is 0 Å². The number of nitrogens with zero attached hydrogens (tertiary/aromatic N) is 2. The first-order valence-corrected chi connectivity index (χ1v) is 9.50. The van der Waals surface area contributed by atoms with Gasteiger partial charge in [0, 0.05) is 16.5 Å². The van der Waals surface area contributed by atoms with Crippen LogP contribution in [0.3, 0.4) is 0 Å². The van der Waals surface area contributed by atoms with Gasteiger partial charge in [-0.3, -0.25) is 0 Å². The van der Waals surface area contributed by atoms with E-state index in [9.17, 15) is 4.39 Å². The van der Waals surface area contributed by atoms with Crippen molar-refractivity contribution in [1.29, 1.82) is 0 Å². The van der Waals surface area contributed by atoms with Crippen molar-refractivity contribution in [3.8, 4) is 11.3 Å². The van der Waals surface area contributed by atoms with Crippen molar-refractivity contribution in [1.82, 2.24) is 4.98 Å². The van der Waals surface area contributed by atoms with E-state index in [-0.39, 0.29) is 5.82 Å². The molecule has 2 aromatic carbocycles. The van der Waals surface area contributed by atoms with E-state index in [0.29, 0.717) is 0 Å². The van der Waals surface area contributed by atoms with Gasteiger partial charge in [-0.05, 0) is 24.3 Å². The highest BCUT2D eigenvalue weighted by Gasteiger charge is 2.22. The van der Waals surface area contributed by atoms with E-state index in [0.717, 1.165) is 49.1 Å². The SMILES string of the molecule is Fc1ccc(-c2csc(N3CC[NH+](Cc4ccccc4)CC3)n2)cc1. The molecule has 4 rings (SSSR count). The molecule has 128 valence electrons. The first-order valence-electron chi connectivity index (χ1n) is 8.62. The first-order chi connectivity index (χ1) is 12.3. The number of rotatable bonds is 4. The Kier molecular flexibility index (Phi) is 4.76. The summed E-state index contributed by atoms with van der Waals surface area (Å²) in [6.07, 6.45) is 0. The van der Waals surface area contributed by atoms with Gasteiger partial charge in [0.1, 0.15) is 12.4 Å². The second kappa shape index (κ2) is 7.33. The summed E-state index contributed by atoms with van der Waals surface area (Å²) in [5.41, 5.74) is 3.30. The minimum atomic E-state index is -0.211. The molecule has 0 saturated carbocycles. The monoisotopic (exact) mass is 354 g/mol. The number of benzene rings is 2. The zero-order valence-electron chi connectivity index (χ0n) is 14.0. The molecule has 3 aromatic rings. The minimum Gasteiger partial charge on any atom is -0.337 e. The van der Waals surface area contributed by atoms with Crippen LogP contribution in [0.15, 0.2) is 60.0 Å². The predicted molar refractivity (Wildman–Crippen MR) is 101 cm³/mol. The Morgan fingerprint density at radius 1 is 1.00 bits per heavy atom. The quantitative estimate of drug-likeness (QED) is 0.778. The normalized spacial score (nSPS) is 15.5. The molecule has 1 fully saturated rings. The van der Waals surface area contributed by atoms with Gasteiger partial charge in [-0.2, -0.15) is 0 Å². The average Bonchev–Trinajstić information content (AvgIpc) is 3.14. The summed E-state index contributed by atoms with van der Waals surface area (Å²) >= 11 is 1.67. The number of quaternary nitrogens is 1. The van der Waals surface area contributed by atoms with Crippen LogP contribution in [0.2, 0.25) is 0 Å². The molecule has 0 spiro atoms. The molecule has 0 aliphatic carbocycles. The highest BCUT2D eigenvalue weighted by molar-refractivity contribution is 7.14. The van der Waals surface area contributed by atoms with Crippen molar-refractivity contribution in [3.63, 3.8) is 0 Å². The zero-order valence-corrected chi connectivity index (χ0v) is 14.8. The largest absolute Gasteiger partial charge is 0.337 e. The molecule has 5 heteroatoms. The molecule has 0 atom stereocenters. The Morgan fingerprint density at radius 2 is 1.72 bits per heavy atom. The number of hydrogen-bond acceptors (Lipinski definition) is 3. The van der Waals surface area contributed by atoms with Crippen LogP contribution in [0, 0.1) is 5.82 Å². The minimum absolute atomic E-state index is 0.211. The summed E-state index contributed by atoms with van der Waals surface area (Å²) in [6.45, 7) is 5.39. The van der Waals surface area contributed by atoms with E-state index in [1.807, 2.05) is 0 Å². The number of aromatic nitrogens is 1. The lowest BCUT2D eigenvalue weighted by molar-refractivity contribution is -0.914. The molecule has 0 unspecified atom stereocenters. The molecule has 1 aliphatic rings. The predicted octanol–water partition coefficient (Wildman–Crippen LogP) is 2.85. The Balaban J connectivity index is 1.37. The van der Waals surface area contributed by atoms with Crippen LogP contribution in [-0.2, 0) is 6.54 Å². The van der Waals surface area contributed by atoms with Gasteiger partial charge in [0.15, 0.2) is 5.13 Å². The van der Waals surface area contributed by atoms with Gasteiger partial charge >= 0.3 is 0 Å². The Hall–Kier alpha value is -2.24. The average molecular weight is 354 g/mol. The third kappa shape index (κ3) is 3.89. The van der Waals surface area contributed by atoms with Gasteiger partial charge in [0.05, 0.1) is 31.9 Å². The van der Waals surface area contributed by atoms with Crippen molar-refractivity contribution in [2.24, 2.45) is 0 Å². The van der Waals surface area contributed by atoms with Crippen LogP contribution >= 0.6 is 11.3 Å². The van der Waals surface area contributed by atoms with E-state index in [1.54, 1.807) is 28.4 Å². The van der Waals surface area contributed by atoms with E-state index < -0.39 is 0 Å². The van der Waals surface area contributed by atoms with Crippen molar-refractivity contribution < 1.29 is 9.29 Å². The van der Waals surface area contributed by atoms with Crippen LogP contribution in [0.4, 0.5) is 9.52 Å². The summed E-state index contributed by atoms with van der Waals surface area (Å²) in [5, 5.41) is 3.13. The second-order valence-corrected chi connectivity index (χ2v) is 7.26. The molecule has 1 aliphatic heterocycles. The van der Waals surface area contributed by atoms with Crippen molar-refractivity contribution in [2.45, 2.75) is 6.54 Å². The topological polar surface area (TPSA) is 20.6 Å². The maximum absolute atomic E-state index is 13.1. The number of anilines is 1. The number of hydrogen-bond donors (Lipinski definition) is 1. The molecule has 1 aromatic heterocycles. The maximum Gasteiger partial charge on any atom is 0.186 e. The third-order valence-corrected chi connectivity index (χ3v) is 5.57. The summed E-state index contributed by atoms with van der Waals surface area (Å²) in [4.78, 5) is 8.75. The lowest BCUT2D eigenvalue weighted by Crippen LogP contribution is -3.13. The molecule has 1 saturated heterocycles. The smallest absolute Gasteiger partial charge is 0.186 e. The molecule has 0 radical (unpaired) electrons. The lowest BCUT2D eigenvalue weighted by Gasteiger charge is -2.32. The number of nitrogens with one attached hydrogen (secondary N) is 1. The highest BCUT2D eigenvalue weighted by atomic mass is 32.1. The van der Waals surface area contributed by atoms with Gasteiger partial charge < -0.3 is 9.80 Å². The molecule has 0 bridgehead atoms. The Bertz CT molecular complexity index is 808. The fourth-order valence-electron chi connectivity index (χ4n) is 3.24. The fraction of sp³-hybridized carbons (Fsp3) is 0.250. The van der Waals surface area contributed by atoms with Gasteiger partial charge in [-0.1, -0.05) is 30.3 Å². The van der Waals surface area contributed by atoms with Gasteiger partial charge in [0.25, 0.3) is 0 Å². The molecular formula is C20H21FN3S+. The van der Waals surface area contributed by atoms with Gasteiger partial charge in [-0.25, -0.2) is 9.37 Å². The van der Waals surface area contributed by atoms with Crippen LogP contribution in [0.1, 0.15) is 5.56 Å². The van der Waals surface area contributed by atoms with Gasteiger partial charge in [-0.15, -0.1) is 11.3 Å². The summed E-state index contributed by atoms with van der Waals surface area (Å²) in [7, 11) is 0. The van der Waals surface area contributed by atoms with Crippen LogP contribution in [0.5, 0.6) is 0 Å². The van der Waals surface area contributed by atoms with Crippen molar-refractivity contribution in [2.75, 3.05) is 31.1 Å². The number of thiazole rings is 1. The fourth-order valence-corrected chi connectivity index (χ4v) is 4.13. The van der Waals surface area contributed by atoms with E-state index in [4.69, 9.17) is 4.98 Å². The lowest BCUT2D eigenvalue weighted by atomic mass is 10.2. The van der Waals surface area contributed by atoms with Crippen molar-refractivity contribution >= 4 is 16.5 Å². The Morgan fingerprint density at radius 3 is 2.44 bits per heavy atom. The third-order valence-electron chi connectivity index (χ3n) is 4.67. The number of piperazine rings is 1. The van der Waals surface area contributed by atoms with Crippen LogP contribution in [-0.4, -0.2) is 31.2 Å². The second-order valence-electron chi connectivity index (χ2n) is 6.42. The molecule has 1 N–H and O–H groups in total. The summed E-state index contributed by atoms with van der Waals surface area (Å²) in [5.74, 6) is -0.211. The summed E-state index contributed by atoms with van der Waals surface area (Å²) in [6, 6.07) is 17.2. The molecule has 3 nitrogen and oxygen atoms in total. The van der Waals surface area contributed by atoms with Crippen LogP contribution in [0.25, 0.3) is 11.3 Å². The molecule has 2 heterocycles. The molecule has 0 amide bonds. The zero-order chi connectivity index (χ0) is 17.1. The van der Waals surface area contributed by atoms with E-state index in [2.05, 4.69) is 40.6 Å².